The minimum atomic E-state index is -1.48. The number of carbonyl (C=O) groups is 6. The first kappa shape index (κ1) is 89.9. The third-order valence-corrected chi connectivity index (χ3v) is 18.6. The highest BCUT2D eigenvalue weighted by Crippen LogP contribution is 2.35. The molecule has 17 unspecified atom stereocenters. The van der Waals surface area contributed by atoms with Crippen LogP contribution in [0.3, 0.4) is 0 Å². The van der Waals surface area contributed by atoms with Gasteiger partial charge in [-0.3, -0.25) is 28.8 Å². The fraction of sp³-hybridized carbons (Fsp3) is 0.902. The van der Waals surface area contributed by atoms with E-state index in [-0.39, 0.29) is 127 Å². The van der Waals surface area contributed by atoms with Crippen molar-refractivity contribution < 1.29 is 137 Å². The van der Waals surface area contributed by atoms with Gasteiger partial charge in [0.25, 0.3) is 0 Å². The molecule has 0 radical (unpaired) electrons. The van der Waals surface area contributed by atoms with Crippen LogP contribution in [0.25, 0.3) is 0 Å². The van der Waals surface area contributed by atoms with E-state index in [9.17, 15) is 74.7 Å². The molecule has 0 aromatic heterocycles. The Kier molecular flexibility index (Phi) is 41.1. The predicted octanol–water partition coefficient (Wildman–Crippen LogP) is -1.49. The van der Waals surface area contributed by atoms with E-state index in [4.69, 9.17) is 51.3 Å². The third kappa shape index (κ3) is 27.2. The molecule has 0 aromatic rings. The Morgan fingerprint density at radius 2 is 0.773 bits per heavy atom. The van der Waals surface area contributed by atoms with Crippen LogP contribution in [0.2, 0.25) is 0 Å². The number of carbonyl (C=O) groups excluding carboxylic acids is 6. The molecule has 6 saturated heterocycles. The highest BCUT2D eigenvalue weighted by molar-refractivity contribution is 7.26. The van der Waals surface area contributed by atoms with Gasteiger partial charge < -0.3 is 139 Å². The summed E-state index contributed by atoms with van der Waals surface area (Å²) in [6.07, 6.45) is -11.5. The number of rotatable bonds is 36. The number of nitrogens with zero attached hydrogens (tertiary/aromatic N) is 3. The third-order valence-electron chi connectivity index (χ3n) is 17.1. The van der Waals surface area contributed by atoms with Crippen LogP contribution in [0.4, 0.5) is 0 Å². The molecular weight excluding hydrogens is 1330 g/mol. The molecule has 568 valence electrons. The van der Waals surface area contributed by atoms with E-state index in [0.717, 1.165) is 0 Å². The Morgan fingerprint density at radius 3 is 1.07 bits per heavy atom. The number of likely N-dealkylation sites (tertiary alicyclic amines) is 3. The van der Waals surface area contributed by atoms with Crippen LogP contribution < -0.4 is 16.0 Å². The number of hydrogen-bond acceptors (Lipinski definition) is 28. The lowest BCUT2D eigenvalue weighted by Crippen LogP contribution is -2.64. The molecule has 0 saturated carbocycles. The molecule has 0 aromatic carbocycles. The molecule has 97 heavy (non-hydrogen) atoms. The zero-order chi connectivity index (χ0) is 68.1. The van der Waals surface area contributed by atoms with Crippen LogP contribution in [0.1, 0.15) is 147 Å². The van der Waals surface area contributed by atoms with E-state index in [1.54, 1.807) is 9.80 Å². The molecular formula is C61H114N6O28P2-2. The summed E-state index contributed by atoms with van der Waals surface area (Å²) < 4.78 is 65.6. The van der Waals surface area contributed by atoms with Crippen molar-refractivity contribution in [1.29, 1.82) is 0 Å². The van der Waals surface area contributed by atoms with Gasteiger partial charge in [-0.05, 0) is 85.0 Å². The van der Waals surface area contributed by atoms with Crippen LogP contribution in [0.5, 0.6) is 0 Å². The minimum absolute atomic E-state index is 0. The van der Waals surface area contributed by atoms with Crippen molar-refractivity contribution in [1.82, 2.24) is 30.7 Å². The average molecular weight is 1440 g/mol. The smallest absolute Gasteiger partial charge is 0.222 e. The number of aliphatic hydroxyl groups is 9. The average Bonchev–Trinajstić information content (AvgIpc) is 1.85. The van der Waals surface area contributed by atoms with Gasteiger partial charge >= 0.3 is 0 Å². The Bertz CT molecular complexity index is 2330. The van der Waals surface area contributed by atoms with Crippen molar-refractivity contribution in [3.8, 4) is 0 Å². The van der Waals surface area contributed by atoms with Gasteiger partial charge in [0.15, 0.2) is 36.9 Å². The van der Waals surface area contributed by atoms with E-state index in [0.29, 0.717) is 77.3 Å². The molecule has 0 spiro atoms. The van der Waals surface area contributed by atoms with Crippen molar-refractivity contribution in [2.24, 2.45) is 0 Å². The molecule has 6 aliphatic rings. The maximum absolute atomic E-state index is 14.1. The molecule has 6 aliphatic heterocycles. The molecule has 34 nitrogen and oxygen atoms in total. The quantitative estimate of drug-likeness (QED) is 0.0251. The number of hydrogen-bond donors (Lipinski definition) is 12. The van der Waals surface area contributed by atoms with Gasteiger partial charge in [0.1, 0.15) is 73.1 Å². The summed E-state index contributed by atoms with van der Waals surface area (Å²) in [7, 11) is -0.877. The molecule has 36 heteroatoms. The van der Waals surface area contributed by atoms with Gasteiger partial charge in [0.05, 0.1) is 69.0 Å². The summed E-state index contributed by atoms with van der Waals surface area (Å²) in [6.45, 7) is 11.2. The Labute approximate surface area is 572 Å². The lowest BCUT2D eigenvalue weighted by Gasteiger charge is -2.42. The van der Waals surface area contributed by atoms with Crippen LogP contribution in [0.15, 0.2) is 0 Å². The van der Waals surface area contributed by atoms with Crippen LogP contribution >= 0.6 is 18.1 Å². The van der Waals surface area contributed by atoms with Gasteiger partial charge in [-0.2, -0.15) is 0 Å². The van der Waals surface area contributed by atoms with Crippen molar-refractivity contribution in [2.75, 3.05) is 72.5 Å². The first-order valence-corrected chi connectivity index (χ1v) is 34.0. The van der Waals surface area contributed by atoms with Gasteiger partial charge in [-0.25, -0.2) is 0 Å². The van der Waals surface area contributed by atoms with Crippen LogP contribution in [-0.2, 0) is 80.0 Å². The van der Waals surface area contributed by atoms with Crippen molar-refractivity contribution in [3.05, 3.63) is 0 Å². The summed E-state index contributed by atoms with van der Waals surface area (Å²) in [5.74, 6) is -1.80. The summed E-state index contributed by atoms with van der Waals surface area (Å²) in [5, 5.41) is 99.6. The monoisotopic (exact) mass is 1440 g/mol. The minimum Gasteiger partial charge on any atom is -0.870 e. The number of aliphatic hydroxyl groups excluding tert-OH is 9. The van der Waals surface area contributed by atoms with Gasteiger partial charge in [-0.15, -0.1) is 0 Å². The molecule has 6 rings (SSSR count). The first-order chi connectivity index (χ1) is 44.3. The Balaban J connectivity index is 0.00000800. The largest absolute Gasteiger partial charge is 0.870 e. The molecule has 23 atom stereocenters. The first-order valence-electron chi connectivity index (χ1n) is 32.4. The van der Waals surface area contributed by atoms with Crippen molar-refractivity contribution >= 4 is 53.5 Å². The summed E-state index contributed by atoms with van der Waals surface area (Å²) in [4.78, 5) is 82.3. The van der Waals surface area contributed by atoms with E-state index in [1.165, 1.54) is 20.8 Å². The summed E-state index contributed by atoms with van der Waals surface area (Å²) in [5.41, 5.74) is -0.485. The zero-order valence-corrected chi connectivity index (χ0v) is 57.3. The molecule has 14 N–H and O–H groups in total. The SMILES string of the molecule is C.C.CC[C@@H]1C[C@@H](OPOC[C@@H]2C[C@@H](OPOC[C@@H]3C[C@@H](OC(C)(C)C)CN3C(=O)CCCCOC3OC(CO)C(O)C(O)C3NC(C)=O)CN2C(=O)CCCCOC2OC(CO)C(O)C(O)C2NC(C)=O)CN1C(=O)CCCCOC1OC(CO)C(O)C(O)C1NC(C)=O.[OH-].[OH-]. The molecule has 6 heterocycles. The predicted molar refractivity (Wildman–Crippen MR) is 346 cm³/mol. The van der Waals surface area contributed by atoms with Crippen molar-refractivity contribution in [3.63, 3.8) is 0 Å². The number of nitrogens with one attached hydrogen (secondary N) is 3. The lowest BCUT2D eigenvalue weighted by atomic mass is 9.97. The Hall–Kier alpha value is -3.20. The van der Waals surface area contributed by atoms with E-state index < -0.39 is 165 Å². The topological polar surface area (TPSA) is 492 Å². The summed E-state index contributed by atoms with van der Waals surface area (Å²) in [6, 6.07) is -4.11. The maximum atomic E-state index is 14.1. The highest BCUT2D eigenvalue weighted by atomic mass is 31.1. The fourth-order valence-electron chi connectivity index (χ4n) is 12.5. The second-order valence-corrected chi connectivity index (χ2v) is 27.0. The molecule has 0 aliphatic carbocycles. The van der Waals surface area contributed by atoms with Crippen LogP contribution in [-0.4, -0.2) is 314 Å². The number of ether oxygens (including phenoxy) is 7. The standard InChI is InChI=1S/C59H104N6O26P2.2CH4.2H2O/c1-8-35-21-39(25-63(35)44(72)15-9-12-18-81-56-47(60-32(2)69)53(78)50(75)41(27-66)86-56)90-92-85-31-37-23-40(26-65(37)46(74)17-11-14-20-83-58-49(62-34(4)71)55(80)52(77)43(29-68)88-58)91-93-84-30-36-22-38(89-59(5,6)7)24-64(36)45(73)16-10-13-19-82-57-48(61-33(3)70)54(79)51(76)42(28-67)87-57;;;;/h35-43,47-58,66-68,75-80,92-93H,8-31H2,1-7H3,(H,60,69)(H,61,70)(H,62,71);2*1H4;2*1H2/p-2/t35-,36+,37+,38-,39-,40-,41?,42?,43?,47?,48?,49?,50?,51?,52?,53?,54?,55?,56?,57?,58?;;;;/m1..../s1. The molecule has 6 fully saturated rings. The van der Waals surface area contributed by atoms with Crippen LogP contribution in [0, 0.1) is 0 Å². The second-order valence-electron chi connectivity index (χ2n) is 25.6. The Morgan fingerprint density at radius 1 is 0.474 bits per heavy atom. The number of unbranched alkanes of at least 4 members (excludes halogenated alkanes) is 3. The van der Waals surface area contributed by atoms with Gasteiger partial charge in [0.2, 0.25) is 35.4 Å². The van der Waals surface area contributed by atoms with E-state index in [1.807, 2.05) is 32.6 Å². The van der Waals surface area contributed by atoms with Crippen molar-refractivity contribution in [2.45, 2.75) is 281 Å². The highest BCUT2D eigenvalue weighted by Gasteiger charge is 2.49. The zero-order valence-electron chi connectivity index (χ0n) is 55.3. The maximum Gasteiger partial charge on any atom is 0.222 e. The summed E-state index contributed by atoms with van der Waals surface area (Å²) >= 11 is 0. The molecule has 0 bridgehead atoms. The normalized spacial score (nSPS) is 32.9. The van der Waals surface area contributed by atoms with Gasteiger partial charge in [-0.1, -0.05) is 21.8 Å². The van der Waals surface area contributed by atoms with E-state index in [2.05, 4.69) is 16.0 Å². The lowest BCUT2D eigenvalue weighted by molar-refractivity contribution is -0.270. The van der Waals surface area contributed by atoms with Gasteiger partial charge in [0, 0.05) is 85.5 Å². The fourth-order valence-corrected chi connectivity index (χ4v) is 13.7. The number of amides is 6. The van der Waals surface area contributed by atoms with E-state index >= 15 is 0 Å². The molecule has 6 amide bonds. The second kappa shape index (κ2) is 44.3.